The van der Waals surface area contributed by atoms with Crippen molar-refractivity contribution in [3.8, 4) is 11.3 Å². The molecular formula is C34H41FIrN3O2-. The molecule has 0 aliphatic carbocycles. The summed E-state index contributed by atoms with van der Waals surface area (Å²) in [6.45, 7) is 22.3. The number of pyridine rings is 1. The summed E-state index contributed by atoms with van der Waals surface area (Å²) in [5, 5.41) is 12.6. The van der Waals surface area contributed by atoms with Gasteiger partial charge in [-0.2, -0.15) is 0 Å². The largest absolute Gasteiger partial charge is 0.511 e. The van der Waals surface area contributed by atoms with Crippen LogP contribution in [-0.2, 0) is 24.9 Å². The quantitative estimate of drug-likeness (QED) is 0.0965. The first kappa shape index (κ1) is 34.2. The van der Waals surface area contributed by atoms with Gasteiger partial charge in [-0.05, 0) is 67.0 Å². The standard InChI is InChI=1S/C22H19FN3.C12H22O2.Ir/c1-11-10-16-7-9-18-21(17-8-6-12(2)24-14(17)4)25-15(5)26-22(18)19(16)13(3)20(11)23;1-8(9(13)11(2,3)4)10(14)12(5,6)7;/h6-7,9-10H,1-5H3;13H,1-7H3;/q-1;;/b;9-8-;. The van der Waals surface area contributed by atoms with E-state index in [0.29, 0.717) is 22.5 Å². The zero-order valence-electron chi connectivity index (χ0n) is 26.2. The molecule has 0 unspecified atom stereocenters. The molecule has 4 aromatic rings. The van der Waals surface area contributed by atoms with Crippen LogP contribution in [0.25, 0.3) is 32.9 Å². The minimum absolute atomic E-state index is 0. The Morgan fingerprint density at radius 3 is 2.07 bits per heavy atom. The second-order valence-corrected chi connectivity index (χ2v) is 12.6. The van der Waals surface area contributed by atoms with Gasteiger partial charge in [-0.3, -0.25) is 9.78 Å². The van der Waals surface area contributed by atoms with E-state index < -0.39 is 5.41 Å². The molecule has 0 amide bonds. The number of rotatable bonds is 2. The molecule has 5 nitrogen and oxygen atoms in total. The fraction of sp³-hybridized carbons (Fsp3) is 0.412. The van der Waals surface area contributed by atoms with E-state index in [4.69, 9.17) is 0 Å². The van der Waals surface area contributed by atoms with Crippen molar-refractivity contribution in [3.63, 3.8) is 0 Å². The molecule has 0 aliphatic rings. The predicted molar refractivity (Wildman–Crippen MR) is 162 cm³/mol. The van der Waals surface area contributed by atoms with Crippen LogP contribution in [0.1, 0.15) is 76.8 Å². The number of nitrogens with zero attached hydrogens (tertiary/aromatic N) is 3. The molecule has 4 rings (SSSR count). The molecule has 0 aliphatic heterocycles. The van der Waals surface area contributed by atoms with Gasteiger partial charge in [0.05, 0.1) is 5.52 Å². The minimum atomic E-state index is -0.427. The molecule has 1 radical (unpaired) electrons. The second kappa shape index (κ2) is 12.5. The topological polar surface area (TPSA) is 76.0 Å². The molecule has 1 N–H and O–H groups in total. The fourth-order valence-electron chi connectivity index (χ4n) is 4.84. The van der Waals surface area contributed by atoms with Gasteiger partial charge >= 0.3 is 0 Å². The number of Topliss-reactive ketones (excluding diaryl/α,β-unsaturated/α-hetero) is 1. The monoisotopic (exact) mass is 735 g/mol. The first-order chi connectivity index (χ1) is 18.3. The normalized spacial score (nSPS) is 12.4. The number of aryl methyl sites for hydroxylation is 5. The number of benzene rings is 2. The van der Waals surface area contributed by atoms with Crippen molar-refractivity contribution in [1.82, 2.24) is 15.0 Å². The van der Waals surface area contributed by atoms with E-state index in [0.717, 1.165) is 44.3 Å². The van der Waals surface area contributed by atoms with Crippen LogP contribution in [0.4, 0.5) is 4.39 Å². The van der Waals surface area contributed by atoms with Gasteiger partial charge in [0.2, 0.25) is 0 Å². The predicted octanol–water partition coefficient (Wildman–Crippen LogP) is 8.80. The van der Waals surface area contributed by atoms with Crippen LogP contribution >= 0.6 is 0 Å². The Morgan fingerprint density at radius 1 is 0.927 bits per heavy atom. The van der Waals surface area contributed by atoms with Crippen LogP contribution in [0.5, 0.6) is 0 Å². The maximum Gasteiger partial charge on any atom is 0.167 e. The van der Waals surface area contributed by atoms with E-state index in [-0.39, 0.29) is 42.9 Å². The Bertz CT molecular complexity index is 1660. The van der Waals surface area contributed by atoms with E-state index in [9.17, 15) is 14.3 Å². The third-order valence-corrected chi connectivity index (χ3v) is 6.89. The summed E-state index contributed by atoms with van der Waals surface area (Å²) in [6, 6.07) is 11.1. The number of ketones is 1. The molecule has 0 atom stereocenters. The number of aromatic nitrogens is 3. The van der Waals surface area contributed by atoms with Gasteiger partial charge in [0.15, 0.2) is 5.78 Å². The zero-order chi connectivity index (χ0) is 30.3. The molecule has 0 spiro atoms. The Balaban J connectivity index is 0.000000338. The molecule has 7 heteroatoms. The molecule has 0 saturated carbocycles. The van der Waals surface area contributed by atoms with Crippen LogP contribution in [0, 0.1) is 57.3 Å². The van der Waals surface area contributed by atoms with Gasteiger partial charge in [0.25, 0.3) is 0 Å². The van der Waals surface area contributed by atoms with Crippen LogP contribution in [0.2, 0.25) is 0 Å². The Hall–Kier alpha value is -3.02. The van der Waals surface area contributed by atoms with E-state index >= 15 is 0 Å². The average Bonchev–Trinajstić information content (AvgIpc) is 2.84. The second-order valence-electron chi connectivity index (χ2n) is 12.6. The molecule has 41 heavy (non-hydrogen) atoms. The van der Waals surface area contributed by atoms with Gasteiger partial charge < -0.3 is 10.1 Å². The number of halogens is 1. The first-order valence-electron chi connectivity index (χ1n) is 13.5. The number of fused-ring (bicyclic) bond motifs is 3. The molecule has 2 aromatic heterocycles. The van der Waals surface area contributed by atoms with E-state index in [2.05, 4.69) is 21.0 Å². The van der Waals surface area contributed by atoms with Crippen molar-refractivity contribution < 1.29 is 34.4 Å². The summed E-state index contributed by atoms with van der Waals surface area (Å²) in [5.41, 5.74) is 5.17. The maximum absolute atomic E-state index is 14.6. The number of hydrogen-bond donors (Lipinski definition) is 1. The number of carbonyl (C=O) groups is 1. The van der Waals surface area contributed by atoms with Crippen LogP contribution in [0.15, 0.2) is 35.6 Å². The first-order valence-corrected chi connectivity index (χ1v) is 13.5. The van der Waals surface area contributed by atoms with Crippen molar-refractivity contribution in [3.05, 3.63) is 75.8 Å². The minimum Gasteiger partial charge on any atom is -0.511 e. The molecule has 0 bridgehead atoms. The fourth-order valence-corrected chi connectivity index (χ4v) is 4.84. The summed E-state index contributed by atoms with van der Waals surface area (Å²) in [5.74, 6) is 0.665. The summed E-state index contributed by atoms with van der Waals surface area (Å²) in [6.07, 6.45) is 0. The van der Waals surface area contributed by atoms with Gasteiger partial charge in [-0.1, -0.05) is 67.5 Å². The zero-order valence-corrected chi connectivity index (χ0v) is 28.6. The maximum atomic E-state index is 14.6. The van der Waals surface area contributed by atoms with Crippen molar-refractivity contribution in [1.29, 1.82) is 0 Å². The third-order valence-electron chi connectivity index (χ3n) is 6.89. The van der Waals surface area contributed by atoms with Crippen molar-refractivity contribution >= 4 is 27.5 Å². The molecule has 0 saturated heterocycles. The van der Waals surface area contributed by atoms with Crippen molar-refractivity contribution in [2.45, 2.75) is 83.1 Å². The molecule has 2 aromatic carbocycles. The van der Waals surface area contributed by atoms with Crippen LogP contribution < -0.4 is 0 Å². The third kappa shape index (κ3) is 7.25. The van der Waals surface area contributed by atoms with Gasteiger partial charge in [-0.25, -0.2) is 9.37 Å². The smallest absolute Gasteiger partial charge is 0.167 e. The number of hydrogen-bond acceptors (Lipinski definition) is 5. The number of allylic oxidation sites excluding steroid dienone is 2. The van der Waals surface area contributed by atoms with E-state index in [1.54, 1.807) is 13.8 Å². The summed E-state index contributed by atoms with van der Waals surface area (Å²) < 4.78 is 14.6. The Kier molecular flexibility index (Phi) is 10.4. The molecule has 221 valence electrons. The van der Waals surface area contributed by atoms with E-state index in [1.807, 2.05) is 93.5 Å². The van der Waals surface area contributed by atoms with Crippen LogP contribution in [0.3, 0.4) is 0 Å². The number of aliphatic hydroxyl groups excluding tert-OH is 1. The van der Waals surface area contributed by atoms with Crippen molar-refractivity contribution in [2.75, 3.05) is 0 Å². The average molecular weight is 735 g/mol. The molecule has 0 fully saturated rings. The SMILES string of the molecule is C/C(C(=O)C(C)(C)C)=C(/O)C(C)(C)C.Cc1c[c-]c(-c2nc(C)nc3c2ccc2cc(C)c(F)c(C)c23)c(C)n1.[Ir]. The Morgan fingerprint density at radius 2 is 1.54 bits per heavy atom. The van der Waals surface area contributed by atoms with Gasteiger partial charge in [-0.15, -0.1) is 17.7 Å². The molecular weight excluding hydrogens is 694 g/mol. The number of aliphatic hydroxyl groups is 1. The van der Waals surface area contributed by atoms with E-state index in [1.165, 1.54) is 0 Å². The van der Waals surface area contributed by atoms with Crippen molar-refractivity contribution in [2.24, 2.45) is 10.8 Å². The van der Waals surface area contributed by atoms with Gasteiger partial charge in [0, 0.05) is 47.6 Å². The van der Waals surface area contributed by atoms with Gasteiger partial charge in [0.1, 0.15) is 17.4 Å². The summed E-state index contributed by atoms with van der Waals surface area (Å²) in [4.78, 5) is 25.7. The van der Waals surface area contributed by atoms with Crippen LogP contribution in [-0.4, -0.2) is 25.8 Å². The summed E-state index contributed by atoms with van der Waals surface area (Å²) >= 11 is 0. The number of carbonyl (C=O) groups excluding carboxylic acids is 1. The summed E-state index contributed by atoms with van der Waals surface area (Å²) in [7, 11) is 0. The molecule has 2 heterocycles. The Labute approximate surface area is 257 Å².